The second-order valence-corrected chi connectivity index (χ2v) is 4.73. The van der Waals surface area contributed by atoms with Gasteiger partial charge in [0.15, 0.2) is 0 Å². The summed E-state index contributed by atoms with van der Waals surface area (Å²) in [5.74, 6) is -12.6. The maximum atomic E-state index is 13.8. The largest absolute Gasteiger partial charge is 0.460 e. The van der Waals surface area contributed by atoms with Crippen molar-refractivity contribution in [1.82, 2.24) is 0 Å². The van der Waals surface area contributed by atoms with Crippen LogP contribution in [-0.2, 0) is 16.1 Å². The third-order valence-corrected chi connectivity index (χ3v) is 3.05. The summed E-state index contributed by atoms with van der Waals surface area (Å²) < 4.78 is 95.3. The minimum Gasteiger partial charge on any atom is -0.458 e. The van der Waals surface area contributed by atoms with E-state index in [0.717, 1.165) is 30.3 Å². The highest BCUT2D eigenvalue weighted by Crippen LogP contribution is 2.48. The van der Waals surface area contributed by atoms with Gasteiger partial charge in [-0.3, -0.25) is 4.99 Å². The van der Waals surface area contributed by atoms with E-state index in [-0.39, 0.29) is 6.61 Å². The van der Waals surface area contributed by atoms with Crippen LogP contribution in [-0.4, -0.2) is 36.8 Å². The second-order valence-electron chi connectivity index (χ2n) is 4.73. The number of esters is 1. The maximum Gasteiger partial charge on any atom is 0.460 e. The predicted octanol–water partition coefficient (Wildman–Crippen LogP) is 4.17. The summed E-state index contributed by atoms with van der Waals surface area (Å²) in [5, 5.41) is 0. The van der Waals surface area contributed by atoms with Gasteiger partial charge in [-0.25, -0.2) is 4.79 Å². The van der Waals surface area contributed by atoms with Crippen molar-refractivity contribution in [1.29, 1.82) is 0 Å². The van der Waals surface area contributed by atoms with Crippen LogP contribution in [0.4, 0.5) is 30.7 Å². The molecule has 0 unspecified atom stereocenters. The first-order valence-electron chi connectivity index (χ1n) is 6.56. The van der Waals surface area contributed by atoms with Crippen molar-refractivity contribution in [2.75, 3.05) is 7.05 Å². The number of benzene rings is 1. The average molecular weight is 371 g/mol. The molecular weight excluding hydrogens is 359 g/mol. The normalized spacial score (nSPS) is 13.5. The van der Waals surface area contributed by atoms with Crippen molar-refractivity contribution < 1.29 is 40.3 Å². The predicted molar refractivity (Wildman–Crippen MR) is 74.8 cm³/mol. The van der Waals surface area contributed by atoms with Crippen LogP contribution in [0.25, 0.3) is 0 Å². The highest BCUT2D eigenvalue weighted by molar-refractivity contribution is 6.06. The summed E-state index contributed by atoms with van der Waals surface area (Å²) in [5.41, 5.74) is -2.06. The monoisotopic (exact) mass is 371 g/mol. The zero-order valence-electron chi connectivity index (χ0n) is 12.7. The maximum absolute atomic E-state index is 13.8. The molecule has 25 heavy (non-hydrogen) atoms. The fourth-order valence-electron chi connectivity index (χ4n) is 1.75. The molecule has 1 aromatic carbocycles. The van der Waals surface area contributed by atoms with Crippen LogP contribution in [0.2, 0.25) is 0 Å². The number of ether oxygens (including phenoxy) is 1. The topological polar surface area (TPSA) is 38.7 Å². The summed E-state index contributed by atoms with van der Waals surface area (Å²) in [6.45, 7) is 2.89. The number of aliphatic imine (C=N–C) groups is 1. The fraction of sp³-hybridized carbons (Fsp3) is 0.333. The molecule has 0 aliphatic rings. The Bertz CT molecular complexity index is 663. The molecule has 10 heteroatoms. The number of nitrogens with zero attached hydrogens (tertiary/aromatic N) is 1. The number of alkyl halides is 7. The molecule has 0 bridgehead atoms. The summed E-state index contributed by atoms with van der Waals surface area (Å²) >= 11 is 0. The van der Waals surface area contributed by atoms with Gasteiger partial charge in [0.05, 0.1) is 0 Å². The lowest BCUT2D eigenvalue weighted by Crippen LogP contribution is -2.56. The lowest BCUT2D eigenvalue weighted by atomic mass is 9.98. The van der Waals surface area contributed by atoms with Crippen molar-refractivity contribution in [2.24, 2.45) is 4.99 Å². The number of carbonyl (C=O) groups is 1. The van der Waals surface area contributed by atoms with E-state index in [1.165, 1.54) is 0 Å². The second kappa shape index (κ2) is 7.24. The van der Waals surface area contributed by atoms with Gasteiger partial charge in [0.25, 0.3) is 0 Å². The molecule has 1 aromatic rings. The van der Waals surface area contributed by atoms with Crippen LogP contribution >= 0.6 is 0 Å². The zero-order valence-corrected chi connectivity index (χ0v) is 12.7. The molecule has 0 aliphatic heterocycles. The van der Waals surface area contributed by atoms with Gasteiger partial charge in [-0.2, -0.15) is 30.7 Å². The first-order valence-corrected chi connectivity index (χ1v) is 6.56. The van der Waals surface area contributed by atoms with Crippen LogP contribution in [0.3, 0.4) is 0 Å². The van der Waals surface area contributed by atoms with E-state index >= 15 is 0 Å². The lowest BCUT2D eigenvalue weighted by Gasteiger charge is -2.29. The van der Waals surface area contributed by atoms with Crippen molar-refractivity contribution in [3.63, 3.8) is 0 Å². The van der Waals surface area contributed by atoms with Crippen molar-refractivity contribution in [2.45, 2.75) is 24.6 Å². The Kier molecular flexibility index (Phi) is 5.98. The molecule has 0 radical (unpaired) electrons. The van der Waals surface area contributed by atoms with Gasteiger partial charge in [0.1, 0.15) is 12.3 Å². The summed E-state index contributed by atoms with van der Waals surface area (Å²) in [4.78, 5) is 13.8. The number of halogens is 7. The van der Waals surface area contributed by atoms with E-state index in [1.807, 2.05) is 0 Å². The standard InChI is InChI=1S/C15H12F7NO2/c1-3-11(24)25-8-9-4-6-10(7-5-9)12(23-2)13(16,17)14(18,19)15(20,21)22/h3-7H,1,8H2,2H3. The van der Waals surface area contributed by atoms with Crippen LogP contribution in [0.5, 0.6) is 0 Å². The third kappa shape index (κ3) is 4.18. The van der Waals surface area contributed by atoms with Gasteiger partial charge in [0, 0.05) is 18.7 Å². The van der Waals surface area contributed by atoms with Gasteiger partial charge in [-0.05, 0) is 5.56 Å². The average Bonchev–Trinajstić information content (AvgIpc) is 2.53. The Morgan fingerprint density at radius 3 is 2.04 bits per heavy atom. The first-order chi connectivity index (χ1) is 11.4. The van der Waals surface area contributed by atoms with Crippen LogP contribution in [0, 0.1) is 0 Å². The van der Waals surface area contributed by atoms with E-state index in [9.17, 15) is 35.5 Å². The molecule has 0 spiro atoms. The molecule has 0 fully saturated rings. The van der Waals surface area contributed by atoms with Crippen LogP contribution < -0.4 is 0 Å². The van der Waals surface area contributed by atoms with Gasteiger partial charge in [-0.15, -0.1) is 0 Å². The van der Waals surface area contributed by atoms with E-state index in [0.29, 0.717) is 12.6 Å². The third-order valence-electron chi connectivity index (χ3n) is 3.05. The quantitative estimate of drug-likeness (QED) is 0.326. The molecule has 0 heterocycles. The molecule has 0 amide bonds. The van der Waals surface area contributed by atoms with Crippen molar-refractivity contribution in [3.05, 3.63) is 48.0 Å². The molecule has 0 N–H and O–H groups in total. The number of rotatable bonds is 6. The SMILES string of the molecule is C=CC(=O)OCc1ccc(C(=NC)C(F)(F)C(F)(F)C(F)(F)F)cc1. The van der Waals surface area contributed by atoms with E-state index < -0.39 is 35.3 Å². The van der Waals surface area contributed by atoms with Gasteiger partial charge < -0.3 is 4.74 Å². The van der Waals surface area contributed by atoms with E-state index in [4.69, 9.17) is 0 Å². The summed E-state index contributed by atoms with van der Waals surface area (Å²) in [6, 6.07) is 4.00. The van der Waals surface area contributed by atoms with Crippen LogP contribution in [0.1, 0.15) is 11.1 Å². The Hall–Kier alpha value is -2.39. The minimum atomic E-state index is -6.45. The number of carbonyl (C=O) groups excluding carboxylic acids is 1. The van der Waals surface area contributed by atoms with Crippen molar-refractivity contribution in [3.8, 4) is 0 Å². The molecule has 0 saturated carbocycles. The Morgan fingerprint density at radius 1 is 1.12 bits per heavy atom. The van der Waals surface area contributed by atoms with Crippen LogP contribution in [0.15, 0.2) is 41.9 Å². The molecular formula is C15H12F7NO2. The summed E-state index contributed by atoms with van der Waals surface area (Å²) in [6.07, 6.45) is -5.57. The molecule has 0 saturated heterocycles. The van der Waals surface area contributed by atoms with Gasteiger partial charge >= 0.3 is 24.0 Å². The Balaban J connectivity index is 3.12. The molecule has 138 valence electrons. The fourth-order valence-corrected chi connectivity index (χ4v) is 1.75. The lowest BCUT2D eigenvalue weighted by molar-refractivity contribution is -0.336. The first kappa shape index (κ1) is 20.7. The molecule has 0 aromatic heterocycles. The Labute approximate surface area is 137 Å². The minimum absolute atomic E-state index is 0.265. The molecule has 1 rings (SSSR count). The molecule has 0 atom stereocenters. The Morgan fingerprint density at radius 2 is 1.64 bits per heavy atom. The number of hydrogen-bond acceptors (Lipinski definition) is 3. The highest BCUT2D eigenvalue weighted by Gasteiger charge is 2.74. The summed E-state index contributed by atoms with van der Waals surface area (Å²) in [7, 11) is 0.676. The molecule has 0 aliphatic carbocycles. The van der Waals surface area contributed by atoms with Gasteiger partial charge in [-0.1, -0.05) is 30.8 Å². The zero-order chi connectivity index (χ0) is 19.5. The van der Waals surface area contributed by atoms with Gasteiger partial charge in [0.2, 0.25) is 0 Å². The van der Waals surface area contributed by atoms with E-state index in [2.05, 4.69) is 16.3 Å². The number of hydrogen-bond donors (Lipinski definition) is 0. The smallest absolute Gasteiger partial charge is 0.458 e. The van der Waals surface area contributed by atoms with Crippen molar-refractivity contribution >= 4 is 11.7 Å². The molecule has 3 nitrogen and oxygen atoms in total. The highest BCUT2D eigenvalue weighted by atomic mass is 19.4. The van der Waals surface area contributed by atoms with E-state index in [1.54, 1.807) is 0 Å².